The monoisotopic (exact) mass is 393 g/mol. The number of rotatable bonds is 18. The molecule has 0 aliphatic carbocycles. The number of carboxylic acids is 1. The van der Waals surface area contributed by atoms with Crippen LogP contribution in [0.5, 0.6) is 0 Å². The number of hydrogen-bond donors (Lipinski definition) is 2. The number of amides is 1. The third-order valence-corrected chi connectivity index (χ3v) is 5.30. The molecular formula is C22H44NNaO3. The van der Waals surface area contributed by atoms with E-state index in [1.165, 1.54) is 70.6 Å². The number of carboxylic acid groups (broad SMARTS) is 1. The van der Waals surface area contributed by atoms with Gasteiger partial charge in [-0.1, -0.05) is 104 Å². The van der Waals surface area contributed by atoms with E-state index in [-0.39, 0.29) is 42.8 Å². The van der Waals surface area contributed by atoms with E-state index in [0.717, 1.165) is 19.3 Å². The minimum atomic E-state index is -0.932. The molecule has 4 nitrogen and oxygen atoms in total. The SMILES string of the molecule is CCCCCCCCCCCCCCCC(=O)N[C@H](C(=O)O)[C@@H](C)CC.[H-].[Na+]. The van der Waals surface area contributed by atoms with Crippen molar-refractivity contribution in [1.82, 2.24) is 5.32 Å². The Kier molecular flexibility index (Phi) is 22.3. The number of nitrogens with one attached hydrogen (secondary N) is 1. The zero-order valence-corrected chi connectivity index (χ0v) is 20.5. The van der Waals surface area contributed by atoms with E-state index >= 15 is 0 Å². The van der Waals surface area contributed by atoms with Crippen molar-refractivity contribution >= 4 is 11.9 Å². The molecule has 0 saturated carbocycles. The molecule has 0 radical (unpaired) electrons. The minimum Gasteiger partial charge on any atom is -1.00 e. The van der Waals surface area contributed by atoms with Gasteiger partial charge in [-0.25, -0.2) is 4.79 Å². The van der Waals surface area contributed by atoms with Gasteiger partial charge in [-0.05, 0) is 12.3 Å². The molecule has 0 aliphatic heterocycles. The Hall–Kier alpha value is -0.0600. The van der Waals surface area contributed by atoms with Gasteiger partial charge in [-0.3, -0.25) is 4.79 Å². The van der Waals surface area contributed by atoms with Crippen molar-refractivity contribution in [2.24, 2.45) is 5.92 Å². The zero-order valence-electron chi connectivity index (χ0n) is 19.5. The van der Waals surface area contributed by atoms with Crippen molar-refractivity contribution in [2.75, 3.05) is 0 Å². The third kappa shape index (κ3) is 17.8. The number of unbranched alkanes of at least 4 members (excludes halogenated alkanes) is 12. The number of aliphatic carboxylic acids is 1. The first-order chi connectivity index (χ1) is 12.5. The van der Waals surface area contributed by atoms with Crippen LogP contribution in [-0.4, -0.2) is 23.0 Å². The van der Waals surface area contributed by atoms with E-state index in [4.69, 9.17) is 0 Å². The van der Waals surface area contributed by atoms with Crippen LogP contribution in [0.25, 0.3) is 0 Å². The number of hydrogen-bond acceptors (Lipinski definition) is 2. The van der Waals surface area contributed by atoms with Gasteiger partial charge in [0, 0.05) is 6.42 Å². The van der Waals surface area contributed by atoms with Gasteiger partial charge in [-0.2, -0.15) is 0 Å². The second kappa shape index (κ2) is 20.7. The predicted octanol–water partition coefficient (Wildman–Crippen LogP) is 3.20. The molecule has 0 saturated heterocycles. The van der Waals surface area contributed by atoms with Crippen molar-refractivity contribution < 1.29 is 45.7 Å². The first-order valence-corrected chi connectivity index (χ1v) is 11.0. The van der Waals surface area contributed by atoms with Crippen molar-refractivity contribution in [1.29, 1.82) is 0 Å². The predicted molar refractivity (Wildman–Crippen MR) is 110 cm³/mol. The molecule has 0 heterocycles. The van der Waals surface area contributed by atoms with E-state index in [1.807, 2.05) is 13.8 Å². The van der Waals surface area contributed by atoms with Gasteiger partial charge in [0.25, 0.3) is 0 Å². The summed E-state index contributed by atoms with van der Waals surface area (Å²) in [4.78, 5) is 23.1. The molecule has 2 N–H and O–H groups in total. The maximum Gasteiger partial charge on any atom is 1.00 e. The number of carbonyl (C=O) groups excluding carboxylic acids is 1. The molecule has 1 amide bonds. The Morgan fingerprint density at radius 3 is 1.59 bits per heavy atom. The molecule has 0 unspecified atom stereocenters. The van der Waals surface area contributed by atoms with Crippen LogP contribution in [0, 0.1) is 5.92 Å². The molecule has 0 bridgehead atoms. The summed E-state index contributed by atoms with van der Waals surface area (Å²) in [5, 5.41) is 11.9. The van der Waals surface area contributed by atoms with E-state index in [0.29, 0.717) is 6.42 Å². The van der Waals surface area contributed by atoms with E-state index < -0.39 is 12.0 Å². The third-order valence-electron chi connectivity index (χ3n) is 5.30. The summed E-state index contributed by atoms with van der Waals surface area (Å²) in [5.41, 5.74) is 0. The van der Waals surface area contributed by atoms with Crippen molar-refractivity contribution in [3.63, 3.8) is 0 Å². The average Bonchev–Trinajstić information content (AvgIpc) is 2.62. The summed E-state index contributed by atoms with van der Waals surface area (Å²) in [7, 11) is 0. The molecule has 0 rings (SSSR count). The Labute approximate surface area is 191 Å². The first kappa shape index (κ1) is 29.1. The Balaban J connectivity index is -0.00000312. The molecular weight excluding hydrogens is 349 g/mol. The molecule has 0 spiro atoms. The Bertz CT molecular complexity index is 370. The van der Waals surface area contributed by atoms with Crippen molar-refractivity contribution in [2.45, 2.75) is 123 Å². The van der Waals surface area contributed by atoms with Gasteiger partial charge in [-0.15, -0.1) is 0 Å². The second-order valence-corrected chi connectivity index (χ2v) is 7.76. The Morgan fingerprint density at radius 1 is 0.815 bits per heavy atom. The molecule has 0 aromatic carbocycles. The molecule has 0 fully saturated rings. The number of carbonyl (C=O) groups is 2. The maximum atomic E-state index is 11.9. The normalized spacial score (nSPS) is 12.9. The molecule has 5 heteroatoms. The van der Waals surface area contributed by atoms with Crippen LogP contribution >= 0.6 is 0 Å². The van der Waals surface area contributed by atoms with Crippen LogP contribution in [0.4, 0.5) is 0 Å². The quantitative estimate of drug-likeness (QED) is 0.278. The van der Waals surface area contributed by atoms with Crippen molar-refractivity contribution in [3.8, 4) is 0 Å². The molecule has 2 atom stereocenters. The topological polar surface area (TPSA) is 66.4 Å². The van der Waals surface area contributed by atoms with Gasteiger partial charge in [0.15, 0.2) is 0 Å². The summed E-state index contributed by atoms with van der Waals surface area (Å²) in [6.45, 7) is 6.07. The van der Waals surface area contributed by atoms with E-state index in [9.17, 15) is 14.7 Å². The molecule has 0 aromatic rings. The van der Waals surface area contributed by atoms with Crippen LogP contribution in [-0.2, 0) is 9.59 Å². The second-order valence-electron chi connectivity index (χ2n) is 7.76. The van der Waals surface area contributed by atoms with Crippen LogP contribution in [0.1, 0.15) is 119 Å². The standard InChI is InChI=1S/C22H43NO3.Na.H/c1-4-6-7-8-9-10-11-12-13-14-15-16-17-18-20(24)23-21(22(25)26)19(3)5-2;;/h19,21H,4-18H2,1-3H3,(H,23,24)(H,25,26);;/q;+1;-1/t19-,21-;;/m0../s1. The smallest absolute Gasteiger partial charge is 1.00 e. The summed E-state index contributed by atoms with van der Waals surface area (Å²) < 4.78 is 0. The molecule has 156 valence electrons. The van der Waals surface area contributed by atoms with Gasteiger partial charge < -0.3 is 11.8 Å². The largest absolute Gasteiger partial charge is 1.00 e. The summed E-state index contributed by atoms with van der Waals surface area (Å²) in [6.07, 6.45) is 17.8. The fraction of sp³-hybridized carbons (Fsp3) is 0.909. The molecule has 0 aliphatic rings. The minimum absolute atomic E-state index is 0. The van der Waals surface area contributed by atoms with Crippen LogP contribution in [0.3, 0.4) is 0 Å². The maximum absolute atomic E-state index is 11.9. The zero-order chi connectivity index (χ0) is 19.6. The fourth-order valence-electron chi connectivity index (χ4n) is 3.23. The van der Waals surface area contributed by atoms with Crippen molar-refractivity contribution in [3.05, 3.63) is 0 Å². The summed E-state index contributed by atoms with van der Waals surface area (Å²) in [5.74, 6) is -1.10. The van der Waals surface area contributed by atoms with E-state index in [1.54, 1.807) is 0 Å². The van der Waals surface area contributed by atoms with Gasteiger partial charge in [0.1, 0.15) is 6.04 Å². The van der Waals surface area contributed by atoms with Gasteiger partial charge in [0.2, 0.25) is 5.91 Å². The molecule has 0 aromatic heterocycles. The van der Waals surface area contributed by atoms with Crippen LogP contribution < -0.4 is 34.9 Å². The van der Waals surface area contributed by atoms with Crippen LogP contribution in [0.2, 0.25) is 0 Å². The summed E-state index contributed by atoms with van der Waals surface area (Å²) in [6, 6.07) is -0.755. The fourth-order valence-corrected chi connectivity index (χ4v) is 3.23. The Morgan fingerprint density at radius 2 is 1.22 bits per heavy atom. The first-order valence-electron chi connectivity index (χ1n) is 11.0. The average molecular weight is 394 g/mol. The van der Waals surface area contributed by atoms with Crippen LogP contribution in [0.15, 0.2) is 0 Å². The molecule has 27 heavy (non-hydrogen) atoms. The van der Waals surface area contributed by atoms with E-state index in [2.05, 4.69) is 12.2 Å². The summed E-state index contributed by atoms with van der Waals surface area (Å²) >= 11 is 0. The van der Waals surface area contributed by atoms with Gasteiger partial charge >= 0.3 is 35.5 Å². The van der Waals surface area contributed by atoms with Gasteiger partial charge in [0.05, 0.1) is 0 Å².